The van der Waals surface area contributed by atoms with Crippen LogP contribution < -0.4 is 0 Å². The average molecular weight is 302 g/mol. The largest absolute Gasteiger partial charge is 0.294 e. The van der Waals surface area contributed by atoms with E-state index in [2.05, 4.69) is 20.9 Å². The number of aromatic nitrogens is 1. The summed E-state index contributed by atoms with van der Waals surface area (Å²) in [7, 11) is 0. The van der Waals surface area contributed by atoms with Crippen molar-refractivity contribution in [1.82, 2.24) is 4.98 Å². The van der Waals surface area contributed by atoms with Crippen LogP contribution in [0.4, 0.5) is 0 Å². The second kappa shape index (κ2) is 6.26. The third-order valence-electron chi connectivity index (χ3n) is 2.43. The molecule has 0 amide bonds. The number of halogens is 1. The summed E-state index contributed by atoms with van der Waals surface area (Å²) in [6.45, 7) is 0. The van der Waals surface area contributed by atoms with Crippen LogP contribution >= 0.6 is 15.9 Å². The van der Waals surface area contributed by atoms with Gasteiger partial charge in [0.2, 0.25) is 0 Å². The van der Waals surface area contributed by atoms with Gasteiger partial charge in [0.05, 0.1) is 0 Å². The zero-order valence-corrected chi connectivity index (χ0v) is 11.3. The third kappa shape index (κ3) is 3.93. The zero-order valence-electron chi connectivity index (χ0n) is 9.71. The minimum atomic E-state index is 0.0749. The molecule has 0 bridgehead atoms. The normalized spacial score (nSPS) is 10.7. The quantitative estimate of drug-likeness (QED) is 0.807. The van der Waals surface area contributed by atoms with Crippen molar-refractivity contribution in [3.63, 3.8) is 0 Å². The molecule has 0 atom stereocenters. The number of benzene rings is 1. The molecular formula is C15H12BrNO. The summed E-state index contributed by atoms with van der Waals surface area (Å²) in [6, 6.07) is 11.5. The Balaban J connectivity index is 1.97. The summed E-state index contributed by atoms with van der Waals surface area (Å²) in [4.78, 5) is 15.7. The van der Waals surface area contributed by atoms with Crippen LogP contribution in [0, 0.1) is 0 Å². The van der Waals surface area contributed by atoms with Gasteiger partial charge in [-0.1, -0.05) is 40.2 Å². The predicted molar refractivity (Wildman–Crippen MR) is 76.1 cm³/mol. The predicted octanol–water partition coefficient (Wildman–Crippen LogP) is 3.67. The first-order valence-electron chi connectivity index (χ1n) is 5.59. The molecule has 18 heavy (non-hydrogen) atoms. The number of hydrogen-bond donors (Lipinski definition) is 0. The van der Waals surface area contributed by atoms with E-state index in [1.54, 1.807) is 18.5 Å². The second-order valence-corrected chi connectivity index (χ2v) is 4.80. The number of pyridine rings is 1. The molecule has 0 radical (unpaired) electrons. The first-order valence-corrected chi connectivity index (χ1v) is 6.39. The van der Waals surface area contributed by atoms with Crippen molar-refractivity contribution in [3.05, 3.63) is 70.5 Å². The SMILES string of the molecule is O=C(C=Cc1ccc(Br)cc1)Cc1cccnc1. The standard InChI is InChI=1S/C15H12BrNO/c16-14-6-3-12(4-7-14)5-8-15(18)10-13-2-1-9-17-11-13/h1-9,11H,10H2. The summed E-state index contributed by atoms with van der Waals surface area (Å²) in [5, 5.41) is 0. The fourth-order valence-corrected chi connectivity index (χ4v) is 1.79. The van der Waals surface area contributed by atoms with Crippen LogP contribution in [0.3, 0.4) is 0 Å². The Morgan fingerprint density at radius 3 is 2.67 bits per heavy atom. The first kappa shape index (κ1) is 12.7. The van der Waals surface area contributed by atoms with Gasteiger partial charge in [0.25, 0.3) is 0 Å². The molecule has 0 N–H and O–H groups in total. The molecular weight excluding hydrogens is 290 g/mol. The Labute approximate surface area is 115 Å². The van der Waals surface area contributed by atoms with Crippen LogP contribution in [-0.4, -0.2) is 10.8 Å². The summed E-state index contributed by atoms with van der Waals surface area (Å²) >= 11 is 3.37. The van der Waals surface area contributed by atoms with Gasteiger partial charge in [-0.3, -0.25) is 9.78 Å². The number of ketones is 1. The van der Waals surface area contributed by atoms with E-state index in [1.165, 1.54) is 0 Å². The lowest BCUT2D eigenvalue weighted by Crippen LogP contribution is -1.98. The molecule has 1 heterocycles. The van der Waals surface area contributed by atoms with Crippen molar-refractivity contribution in [2.75, 3.05) is 0 Å². The van der Waals surface area contributed by atoms with E-state index < -0.39 is 0 Å². The van der Waals surface area contributed by atoms with E-state index in [-0.39, 0.29) is 5.78 Å². The lowest BCUT2D eigenvalue weighted by molar-refractivity contribution is -0.113. The Morgan fingerprint density at radius 1 is 1.22 bits per heavy atom. The molecule has 0 aliphatic heterocycles. The molecule has 2 nitrogen and oxygen atoms in total. The van der Waals surface area contributed by atoms with E-state index in [9.17, 15) is 4.79 Å². The maximum atomic E-state index is 11.7. The number of carbonyl (C=O) groups excluding carboxylic acids is 1. The lowest BCUT2D eigenvalue weighted by atomic mass is 10.1. The van der Waals surface area contributed by atoms with Crippen LogP contribution in [0.15, 0.2) is 59.3 Å². The zero-order chi connectivity index (χ0) is 12.8. The first-order chi connectivity index (χ1) is 8.74. The van der Waals surface area contributed by atoms with Crippen LogP contribution in [-0.2, 0) is 11.2 Å². The van der Waals surface area contributed by atoms with Crippen molar-refractivity contribution < 1.29 is 4.79 Å². The van der Waals surface area contributed by atoms with E-state index in [0.717, 1.165) is 15.6 Å². The second-order valence-electron chi connectivity index (χ2n) is 3.89. The topological polar surface area (TPSA) is 30.0 Å². The van der Waals surface area contributed by atoms with Gasteiger partial charge in [0.15, 0.2) is 5.78 Å². The summed E-state index contributed by atoms with van der Waals surface area (Å²) in [5.41, 5.74) is 1.95. The fraction of sp³-hybridized carbons (Fsp3) is 0.0667. The minimum Gasteiger partial charge on any atom is -0.294 e. The van der Waals surface area contributed by atoms with Crippen molar-refractivity contribution in [1.29, 1.82) is 0 Å². The summed E-state index contributed by atoms with van der Waals surface area (Å²) in [5.74, 6) is 0.0749. The van der Waals surface area contributed by atoms with Crippen molar-refractivity contribution in [3.8, 4) is 0 Å². The number of carbonyl (C=O) groups is 1. The van der Waals surface area contributed by atoms with Gasteiger partial charge in [0.1, 0.15) is 0 Å². The van der Waals surface area contributed by atoms with Crippen LogP contribution in [0.5, 0.6) is 0 Å². The van der Waals surface area contributed by atoms with E-state index in [0.29, 0.717) is 6.42 Å². The lowest BCUT2D eigenvalue weighted by Gasteiger charge is -1.96. The molecule has 0 spiro atoms. The molecule has 2 rings (SSSR count). The van der Waals surface area contributed by atoms with E-state index in [1.807, 2.05) is 42.5 Å². The number of hydrogen-bond acceptors (Lipinski definition) is 2. The van der Waals surface area contributed by atoms with Gasteiger partial charge >= 0.3 is 0 Å². The molecule has 1 aromatic carbocycles. The monoisotopic (exact) mass is 301 g/mol. The highest BCUT2D eigenvalue weighted by Gasteiger charge is 1.99. The minimum absolute atomic E-state index is 0.0749. The molecule has 0 fully saturated rings. The Bertz CT molecular complexity index is 546. The van der Waals surface area contributed by atoms with Gasteiger partial charge in [-0.25, -0.2) is 0 Å². The van der Waals surface area contributed by atoms with Crippen molar-refractivity contribution in [2.24, 2.45) is 0 Å². The van der Waals surface area contributed by atoms with Gasteiger partial charge in [-0.15, -0.1) is 0 Å². The molecule has 2 aromatic rings. The van der Waals surface area contributed by atoms with Gasteiger partial charge in [-0.05, 0) is 35.4 Å². The average Bonchev–Trinajstić information content (AvgIpc) is 2.39. The van der Waals surface area contributed by atoms with Crippen molar-refractivity contribution in [2.45, 2.75) is 6.42 Å². The van der Waals surface area contributed by atoms with Crippen LogP contribution in [0.1, 0.15) is 11.1 Å². The molecule has 0 aliphatic rings. The van der Waals surface area contributed by atoms with Gasteiger partial charge in [-0.2, -0.15) is 0 Å². The molecule has 90 valence electrons. The van der Waals surface area contributed by atoms with E-state index >= 15 is 0 Å². The highest BCUT2D eigenvalue weighted by atomic mass is 79.9. The number of rotatable bonds is 4. The molecule has 0 saturated heterocycles. The van der Waals surface area contributed by atoms with Crippen molar-refractivity contribution >= 4 is 27.8 Å². The van der Waals surface area contributed by atoms with Crippen LogP contribution in [0.25, 0.3) is 6.08 Å². The summed E-state index contributed by atoms with van der Waals surface area (Å²) in [6.07, 6.45) is 7.24. The maximum Gasteiger partial charge on any atom is 0.160 e. The maximum absolute atomic E-state index is 11.7. The van der Waals surface area contributed by atoms with E-state index in [4.69, 9.17) is 0 Å². The molecule has 0 saturated carbocycles. The van der Waals surface area contributed by atoms with Gasteiger partial charge in [0, 0.05) is 23.3 Å². The molecule has 0 aliphatic carbocycles. The number of nitrogens with zero attached hydrogens (tertiary/aromatic N) is 1. The highest BCUT2D eigenvalue weighted by molar-refractivity contribution is 9.10. The summed E-state index contributed by atoms with van der Waals surface area (Å²) < 4.78 is 1.03. The Morgan fingerprint density at radius 2 is 2.00 bits per heavy atom. The van der Waals surface area contributed by atoms with Gasteiger partial charge < -0.3 is 0 Å². The third-order valence-corrected chi connectivity index (χ3v) is 2.96. The molecule has 0 unspecified atom stereocenters. The smallest absolute Gasteiger partial charge is 0.160 e. The van der Waals surface area contributed by atoms with Crippen LogP contribution in [0.2, 0.25) is 0 Å². The number of allylic oxidation sites excluding steroid dienone is 1. The molecule has 3 heteroatoms. The molecule has 1 aromatic heterocycles. The Kier molecular flexibility index (Phi) is 4.42. The highest BCUT2D eigenvalue weighted by Crippen LogP contribution is 2.11. The fourth-order valence-electron chi connectivity index (χ4n) is 1.53. The Hall–Kier alpha value is -1.74.